The number of morpholine rings is 1. The highest BCUT2D eigenvalue weighted by Gasteiger charge is 2.28. The van der Waals surface area contributed by atoms with Crippen LogP contribution in [0.4, 0.5) is 5.69 Å². The second-order valence-corrected chi connectivity index (χ2v) is 8.84. The Hall–Kier alpha value is -3.21. The van der Waals surface area contributed by atoms with Crippen LogP contribution in [0.2, 0.25) is 0 Å². The van der Waals surface area contributed by atoms with Crippen molar-refractivity contribution in [2.75, 3.05) is 31.6 Å². The molecule has 1 unspecified atom stereocenters. The maximum Gasteiger partial charge on any atom is 0.241 e. The highest BCUT2D eigenvalue weighted by Crippen LogP contribution is 2.28. The molecule has 2 aromatic carbocycles. The van der Waals surface area contributed by atoms with E-state index >= 15 is 0 Å². The van der Waals surface area contributed by atoms with Gasteiger partial charge in [0, 0.05) is 36.4 Å². The zero-order chi connectivity index (χ0) is 24.2. The fourth-order valence-electron chi connectivity index (χ4n) is 4.34. The highest BCUT2D eigenvalue weighted by molar-refractivity contribution is 5.95. The van der Waals surface area contributed by atoms with Crippen molar-refractivity contribution in [3.8, 4) is 22.6 Å². The number of rotatable bonds is 6. The summed E-state index contributed by atoms with van der Waals surface area (Å²) in [5.41, 5.74) is 4.69. The molecule has 1 amide bonds. The summed E-state index contributed by atoms with van der Waals surface area (Å²) in [5.74, 6) is 0.400. The van der Waals surface area contributed by atoms with Crippen LogP contribution in [0.1, 0.15) is 23.8 Å². The quantitative estimate of drug-likeness (QED) is 0.364. The van der Waals surface area contributed by atoms with Crippen molar-refractivity contribution in [2.24, 2.45) is 0 Å². The zero-order valence-corrected chi connectivity index (χ0v) is 19.3. The van der Waals surface area contributed by atoms with E-state index in [1.54, 1.807) is 0 Å². The average Bonchev–Trinajstić information content (AvgIpc) is 3.36. The van der Waals surface area contributed by atoms with Crippen LogP contribution < -0.4 is 16.0 Å². The SMILES string of the molecule is O=C(Nc1ccc(-c2cc(C3CNCCO3)nc(-c3cccc(CO)c3)n2)cc1)[C@@H]1C[C@@H](O)CN1. The van der Waals surface area contributed by atoms with Gasteiger partial charge in [-0.2, -0.15) is 0 Å². The lowest BCUT2D eigenvalue weighted by Crippen LogP contribution is -2.35. The van der Waals surface area contributed by atoms with Crippen LogP contribution in [0.5, 0.6) is 0 Å². The van der Waals surface area contributed by atoms with E-state index in [0.717, 1.165) is 34.6 Å². The predicted molar refractivity (Wildman–Crippen MR) is 131 cm³/mol. The molecule has 3 atom stereocenters. The molecular weight excluding hydrogens is 446 g/mol. The van der Waals surface area contributed by atoms with Gasteiger partial charge in [-0.1, -0.05) is 30.3 Å². The Kier molecular flexibility index (Phi) is 7.12. The van der Waals surface area contributed by atoms with Gasteiger partial charge in [-0.05, 0) is 36.2 Å². The Bertz CT molecular complexity index is 1180. The molecule has 2 fully saturated rings. The van der Waals surface area contributed by atoms with Crippen molar-refractivity contribution in [3.63, 3.8) is 0 Å². The molecule has 9 heteroatoms. The van der Waals surface area contributed by atoms with E-state index in [2.05, 4.69) is 16.0 Å². The third kappa shape index (κ3) is 5.55. The first-order valence-electron chi connectivity index (χ1n) is 11.8. The number of anilines is 1. The summed E-state index contributed by atoms with van der Waals surface area (Å²) in [6.45, 7) is 2.46. The standard InChI is InChI=1S/C26H29N5O4/c32-15-16-2-1-3-18(10-16)25-30-21(12-22(31-25)24-14-27-8-9-35-24)17-4-6-19(7-5-17)29-26(34)23-11-20(33)13-28-23/h1-7,10,12,20,23-24,27-28,32-33H,8-9,11,13-15H2,(H,29,34)/t20-,23+,24?/m1/s1. The Morgan fingerprint density at radius 2 is 1.94 bits per heavy atom. The van der Waals surface area contributed by atoms with Gasteiger partial charge in [-0.25, -0.2) is 9.97 Å². The van der Waals surface area contributed by atoms with E-state index in [1.807, 2.05) is 54.6 Å². The molecule has 0 saturated carbocycles. The molecule has 3 heterocycles. The van der Waals surface area contributed by atoms with Gasteiger partial charge in [0.2, 0.25) is 5.91 Å². The number of nitrogens with one attached hydrogen (secondary N) is 3. The summed E-state index contributed by atoms with van der Waals surface area (Å²) in [5, 5.41) is 28.5. The molecule has 182 valence electrons. The first-order chi connectivity index (χ1) is 17.1. The Morgan fingerprint density at radius 1 is 1.09 bits per heavy atom. The van der Waals surface area contributed by atoms with E-state index in [4.69, 9.17) is 14.7 Å². The number of β-amino-alcohol motifs (C(OH)–C–C–N with tert-alkyl or cyclic N) is 1. The molecule has 0 bridgehead atoms. The van der Waals surface area contributed by atoms with Crippen LogP contribution in [0.3, 0.4) is 0 Å². The van der Waals surface area contributed by atoms with Gasteiger partial charge >= 0.3 is 0 Å². The normalized spacial score (nSPS) is 22.2. The minimum atomic E-state index is -0.490. The van der Waals surface area contributed by atoms with E-state index in [0.29, 0.717) is 37.6 Å². The molecule has 2 aliphatic rings. The minimum absolute atomic E-state index is 0.0570. The molecule has 0 aliphatic carbocycles. The van der Waals surface area contributed by atoms with Gasteiger partial charge in [0.1, 0.15) is 6.10 Å². The van der Waals surface area contributed by atoms with Crippen LogP contribution in [-0.4, -0.2) is 64.5 Å². The number of aliphatic hydroxyl groups excluding tert-OH is 2. The lowest BCUT2D eigenvalue weighted by molar-refractivity contribution is -0.117. The van der Waals surface area contributed by atoms with E-state index in [1.165, 1.54) is 0 Å². The molecule has 3 aromatic rings. The summed E-state index contributed by atoms with van der Waals surface area (Å²) in [4.78, 5) is 22.1. The molecule has 9 nitrogen and oxygen atoms in total. The molecule has 35 heavy (non-hydrogen) atoms. The van der Waals surface area contributed by atoms with Crippen molar-refractivity contribution in [1.82, 2.24) is 20.6 Å². The Balaban J connectivity index is 1.43. The van der Waals surface area contributed by atoms with Gasteiger partial charge in [0.25, 0.3) is 0 Å². The third-order valence-corrected chi connectivity index (χ3v) is 6.24. The zero-order valence-electron chi connectivity index (χ0n) is 19.3. The lowest BCUT2D eigenvalue weighted by Gasteiger charge is -2.24. The number of hydrogen-bond acceptors (Lipinski definition) is 8. The lowest BCUT2D eigenvalue weighted by atomic mass is 10.1. The molecule has 5 rings (SSSR count). The Morgan fingerprint density at radius 3 is 2.66 bits per heavy atom. The number of carbonyl (C=O) groups is 1. The van der Waals surface area contributed by atoms with Crippen molar-refractivity contribution in [2.45, 2.75) is 31.3 Å². The predicted octanol–water partition coefficient (Wildman–Crippen LogP) is 1.63. The number of nitrogens with zero attached hydrogens (tertiary/aromatic N) is 2. The molecule has 2 aliphatic heterocycles. The monoisotopic (exact) mass is 475 g/mol. The van der Waals surface area contributed by atoms with Crippen LogP contribution >= 0.6 is 0 Å². The smallest absolute Gasteiger partial charge is 0.241 e. The average molecular weight is 476 g/mol. The van der Waals surface area contributed by atoms with Gasteiger partial charge < -0.3 is 30.9 Å². The fraction of sp³-hybridized carbons (Fsp3) is 0.346. The summed E-state index contributed by atoms with van der Waals surface area (Å²) in [7, 11) is 0. The van der Waals surface area contributed by atoms with E-state index in [-0.39, 0.29) is 18.6 Å². The summed E-state index contributed by atoms with van der Waals surface area (Å²) >= 11 is 0. The molecule has 2 saturated heterocycles. The largest absolute Gasteiger partial charge is 0.392 e. The second kappa shape index (κ2) is 10.6. The summed E-state index contributed by atoms with van der Waals surface area (Å²) in [6, 6.07) is 16.6. The second-order valence-electron chi connectivity index (χ2n) is 8.84. The summed E-state index contributed by atoms with van der Waals surface area (Å²) < 4.78 is 5.95. The van der Waals surface area contributed by atoms with E-state index < -0.39 is 12.1 Å². The number of hydrogen-bond donors (Lipinski definition) is 5. The number of carbonyl (C=O) groups excluding carboxylic acids is 1. The van der Waals surface area contributed by atoms with E-state index in [9.17, 15) is 15.0 Å². The Labute approximate surface area is 203 Å². The first kappa shape index (κ1) is 23.5. The minimum Gasteiger partial charge on any atom is -0.392 e. The van der Waals surface area contributed by atoms with Crippen LogP contribution in [0.15, 0.2) is 54.6 Å². The molecule has 5 N–H and O–H groups in total. The van der Waals surface area contributed by atoms with Gasteiger partial charge in [0.05, 0.1) is 36.7 Å². The van der Waals surface area contributed by atoms with Crippen molar-refractivity contribution >= 4 is 11.6 Å². The maximum absolute atomic E-state index is 12.4. The summed E-state index contributed by atoms with van der Waals surface area (Å²) in [6.07, 6.45) is -0.264. The molecule has 1 aromatic heterocycles. The maximum atomic E-state index is 12.4. The number of benzene rings is 2. The number of amides is 1. The number of aromatic nitrogens is 2. The van der Waals surface area contributed by atoms with Crippen LogP contribution in [-0.2, 0) is 16.1 Å². The van der Waals surface area contributed by atoms with Crippen molar-refractivity contribution in [1.29, 1.82) is 0 Å². The number of ether oxygens (including phenoxy) is 1. The highest BCUT2D eigenvalue weighted by atomic mass is 16.5. The van der Waals surface area contributed by atoms with Gasteiger partial charge in [-0.3, -0.25) is 4.79 Å². The van der Waals surface area contributed by atoms with Crippen LogP contribution in [0, 0.1) is 0 Å². The third-order valence-electron chi connectivity index (χ3n) is 6.24. The van der Waals surface area contributed by atoms with Crippen LogP contribution in [0.25, 0.3) is 22.6 Å². The van der Waals surface area contributed by atoms with Crippen molar-refractivity contribution < 1.29 is 19.7 Å². The molecule has 0 spiro atoms. The van der Waals surface area contributed by atoms with Crippen molar-refractivity contribution in [3.05, 3.63) is 65.9 Å². The first-order valence-corrected chi connectivity index (χ1v) is 11.8. The molecule has 0 radical (unpaired) electrons. The van der Waals surface area contributed by atoms with Gasteiger partial charge in [0.15, 0.2) is 5.82 Å². The molecular formula is C26H29N5O4. The fourth-order valence-corrected chi connectivity index (χ4v) is 4.34. The number of aliphatic hydroxyl groups is 2. The topological polar surface area (TPSA) is 129 Å². The van der Waals surface area contributed by atoms with Gasteiger partial charge in [-0.15, -0.1) is 0 Å².